The number of hydrogen-bond donors (Lipinski definition) is 0. The topological polar surface area (TPSA) is 111 Å². The van der Waals surface area contributed by atoms with E-state index in [1.807, 2.05) is 21.1 Å². The first-order valence-corrected chi connectivity index (χ1v) is 37.7. The maximum atomic E-state index is 12.9. The molecule has 0 amide bonds. The molecule has 0 aromatic carbocycles. The fourth-order valence-corrected chi connectivity index (χ4v) is 11.6. The van der Waals surface area contributed by atoms with E-state index in [2.05, 4.69) is 50.3 Å². The summed E-state index contributed by atoms with van der Waals surface area (Å²) in [6.45, 7) is 4.30. The van der Waals surface area contributed by atoms with Gasteiger partial charge in [-0.2, -0.15) is 0 Å². The van der Waals surface area contributed by atoms with Crippen LogP contribution in [0.1, 0.15) is 367 Å². The molecule has 0 aromatic rings. The van der Waals surface area contributed by atoms with Crippen molar-refractivity contribution in [2.24, 2.45) is 0 Å². The number of allylic oxidation sites excluding steroid dienone is 6. The first-order chi connectivity index (χ1) is 40.5. The Labute approximate surface area is 516 Å². The minimum Gasteiger partial charge on any atom is -0.756 e. The van der Waals surface area contributed by atoms with Crippen molar-refractivity contribution < 1.29 is 42.1 Å². The van der Waals surface area contributed by atoms with Crippen LogP contribution in [0.25, 0.3) is 0 Å². The summed E-state index contributed by atoms with van der Waals surface area (Å²) in [5.41, 5.74) is 0. The molecule has 0 aliphatic carbocycles. The minimum absolute atomic E-state index is 0.0271. The number of quaternary nitrogens is 1. The smallest absolute Gasteiger partial charge is 0.306 e. The Balaban J connectivity index is 3.94. The molecule has 0 heterocycles. The second-order valence-corrected chi connectivity index (χ2v) is 27.4. The third-order valence-corrected chi connectivity index (χ3v) is 17.4. The van der Waals surface area contributed by atoms with Crippen LogP contribution in [0.5, 0.6) is 0 Å². The number of ether oxygens (including phenoxy) is 2. The molecule has 0 N–H and O–H groups in total. The lowest BCUT2D eigenvalue weighted by atomic mass is 10.0. The first-order valence-electron chi connectivity index (χ1n) is 36.2. The highest BCUT2D eigenvalue weighted by Gasteiger charge is 2.22. The van der Waals surface area contributed by atoms with Crippen molar-refractivity contribution in [2.75, 3.05) is 47.5 Å². The quantitative estimate of drug-likeness (QED) is 0.0195. The molecule has 0 aliphatic rings. The maximum absolute atomic E-state index is 12.9. The Morgan fingerprint density at radius 1 is 0.373 bits per heavy atom. The molecule has 0 aromatic heterocycles. The van der Waals surface area contributed by atoms with Crippen molar-refractivity contribution >= 4 is 19.8 Å². The molecule has 0 rings (SSSR count). The second-order valence-electron chi connectivity index (χ2n) is 26.0. The monoisotopic (exact) mass is 1190 g/mol. The highest BCUT2D eigenvalue weighted by Crippen LogP contribution is 2.38. The summed E-state index contributed by atoms with van der Waals surface area (Å²) in [6, 6.07) is 0. The second kappa shape index (κ2) is 64.7. The van der Waals surface area contributed by atoms with Gasteiger partial charge in [0.05, 0.1) is 27.7 Å². The Morgan fingerprint density at radius 3 is 0.964 bits per heavy atom. The van der Waals surface area contributed by atoms with Crippen LogP contribution in [-0.4, -0.2) is 70.0 Å². The lowest BCUT2D eigenvalue weighted by Gasteiger charge is -2.28. The van der Waals surface area contributed by atoms with Gasteiger partial charge in [0.2, 0.25) is 0 Å². The summed E-state index contributed by atoms with van der Waals surface area (Å²) in [7, 11) is 1.19. The van der Waals surface area contributed by atoms with E-state index in [1.165, 1.54) is 289 Å². The van der Waals surface area contributed by atoms with Crippen molar-refractivity contribution in [3.05, 3.63) is 36.5 Å². The molecule has 0 fully saturated rings. The van der Waals surface area contributed by atoms with E-state index in [0.29, 0.717) is 17.4 Å². The molecule has 10 heteroatoms. The van der Waals surface area contributed by atoms with Crippen molar-refractivity contribution in [1.82, 2.24) is 0 Å². The summed E-state index contributed by atoms with van der Waals surface area (Å²) < 4.78 is 34.3. The molecular formula is C73H140NO8P. The molecule has 0 spiro atoms. The number of nitrogens with zero attached hydrogens (tertiary/aromatic N) is 1. The van der Waals surface area contributed by atoms with Gasteiger partial charge in [0, 0.05) is 12.8 Å². The van der Waals surface area contributed by atoms with E-state index in [0.717, 1.165) is 44.9 Å². The molecule has 0 saturated carbocycles. The Morgan fingerprint density at radius 2 is 0.651 bits per heavy atom. The van der Waals surface area contributed by atoms with E-state index in [9.17, 15) is 19.0 Å². The van der Waals surface area contributed by atoms with Crippen LogP contribution in [-0.2, 0) is 32.7 Å². The summed E-state index contributed by atoms with van der Waals surface area (Å²) >= 11 is 0. The SMILES string of the molecule is CCCCCCC/C=C\C/C=C\C/C=C\CCCCCCCCCCCCCCCCCCCCCCCCC(=O)OC(COC(=O)CCCCCCCCCCCCCCCCCCCCCCCC)COP(=O)([O-])OCC[N+](C)(C)C. The van der Waals surface area contributed by atoms with Crippen molar-refractivity contribution in [3.8, 4) is 0 Å². The Hall–Kier alpha value is -1.77. The molecule has 0 radical (unpaired) electrons. The molecule has 9 nitrogen and oxygen atoms in total. The zero-order chi connectivity index (χ0) is 60.5. The van der Waals surface area contributed by atoms with Gasteiger partial charge in [-0.1, -0.05) is 339 Å². The van der Waals surface area contributed by atoms with Crippen LogP contribution in [0.15, 0.2) is 36.5 Å². The Bertz CT molecular complexity index is 1490. The number of hydrogen-bond acceptors (Lipinski definition) is 8. The molecule has 2 unspecified atom stereocenters. The predicted octanol–water partition coefficient (Wildman–Crippen LogP) is 22.8. The van der Waals surface area contributed by atoms with Crippen molar-refractivity contribution in [2.45, 2.75) is 373 Å². The number of carbonyl (C=O) groups excluding carboxylic acids is 2. The molecule has 0 bridgehead atoms. The third-order valence-electron chi connectivity index (χ3n) is 16.4. The van der Waals surface area contributed by atoms with Gasteiger partial charge in [0.1, 0.15) is 19.8 Å². The predicted molar refractivity (Wildman–Crippen MR) is 356 cm³/mol. The summed E-state index contributed by atoms with van der Waals surface area (Å²) in [5.74, 6) is -0.809. The van der Waals surface area contributed by atoms with Crippen molar-refractivity contribution in [1.29, 1.82) is 0 Å². The number of phosphoric acid groups is 1. The summed E-state index contributed by atoms with van der Waals surface area (Å²) in [4.78, 5) is 38.1. The molecule has 490 valence electrons. The lowest BCUT2D eigenvalue weighted by molar-refractivity contribution is -0.870. The average Bonchev–Trinajstić information content (AvgIpc) is 3.49. The van der Waals surface area contributed by atoms with E-state index in [-0.39, 0.29) is 32.0 Å². The number of carbonyl (C=O) groups is 2. The van der Waals surface area contributed by atoms with E-state index < -0.39 is 26.5 Å². The van der Waals surface area contributed by atoms with Crippen molar-refractivity contribution in [3.63, 3.8) is 0 Å². The minimum atomic E-state index is -4.64. The van der Waals surface area contributed by atoms with E-state index in [1.54, 1.807) is 0 Å². The molecule has 0 saturated heterocycles. The first kappa shape index (κ1) is 81.2. The average molecular weight is 1190 g/mol. The maximum Gasteiger partial charge on any atom is 0.306 e. The normalized spacial score (nSPS) is 13.3. The Kier molecular flexibility index (Phi) is 63.3. The number of rotatable bonds is 68. The van der Waals surface area contributed by atoms with Gasteiger partial charge in [-0.3, -0.25) is 14.2 Å². The summed E-state index contributed by atoms with van der Waals surface area (Å²) in [6.07, 6.45) is 82.4. The van der Waals surface area contributed by atoms with Crippen LogP contribution in [0.3, 0.4) is 0 Å². The fourth-order valence-electron chi connectivity index (χ4n) is 10.8. The molecule has 83 heavy (non-hydrogen) atoms. The van der Waals surface area contributed by atoms with Gasteiger partial charge in [0.25, 0.3) is 7.82 Å². The van der Waals surface area contributed by atoms with Crippen LogP contribution in [0.4, 0.5) is 0 Å². The molecule has 0 aliphatic heterocycles. The fraction of sp³-hybridized carbons (Fsp3) is 0.890. The number of unbranched alkanes of at least 4 members (excludes halogenated alkanes) is 48. The van der Waals surface area contributed by atoms with Crippen LogP contribution >= 0.6 is 7.82 Å². The number of likely N-dealkylation sites (N-methyl/N-ethyl adjacent to an activating group) is 1. The standard InChI is InChI=1S/C73H140NO8P/c1-6-8-10-12-14-16-18-20-22-24-26-28-30-31-32-33-34-35-36-37-38-39-40-41-42-43-44-46-48-50-52-54-56-58-60-62-64-66-73(76)82-71(70-81-83(77,78)80-68-67-74(3,4)5)69-79-72(75)65-63-61-59-57-55-53-51-49-47-45-29-27-25-23-21-19-17-15-13-11-9-7-2/h18,20,24,26,30-31,71H,6-17,19,21-23,25,27-29,32-70H2,1-5H3/b20-18-,26-24-,31-30-. The molecule has 2 atom stereocenters. The highest BCUT2D eigenvalue weighted by atomic mass is 31.2. The van der Waals surface area contributed by atoms with Gasteiger partial charge in [0.15, 0.2) is 6.10 Å². The summed E-state index contributed by atoms with van der Waals surface area (Å²) in [5, 5.41) is 0. The van der Waals surface area contributed by atoms with Gasteiger partial charge < -0.3 is 27.9 Å². The van der Waals surface area contributed by atoms with Gasteiger partial charge in [-0.25, -0.2) is 0 Å². The number of esters is 2. The van der Waals surface area contributed by atoms with Crippen LogP contribution in [0, 0.1) is 0 Å². The largest absolute Gasteiger partial charge is 0.756 e. The third kappa shape index (κ3) is 69.2. The van der Waals surface area contributed by atoms with E-state index >= 15 is 0 Å². The molecular weight excluding hydrogens is 1050 g/mol. The lowest BCUT2D eigenvalue weighted by Crippen LogP contribution is -2.37. The zero-order valence-corrected chi connectivity index (χ0v) is 56.8. The van der Waals surface area contributed by atoms with Gasteiger partial charge in [-0.15, -0.1) is 0 Å². The highest BCUT2D eigenvalue weighted by molar-refractivity contribution is 7.45. The van der Waals surface area contributed by atoms with E-state index in [4.69, 9.17) is 18.5 Å². The van der Waals surface area contributed by atoms with Crippen LogP contribution in [0.2, 0.25) is 0 Å². The zero-order valence-electron chi connectivity index (χ0n) is 55.9. The van der Waals surface area contributed by atoms with Crippen LogP contribution < -0.4 is 4.89 Å². The van der Waals surface area contributed by atoms with Gasteiger partial charge >= 0.3 is 11.9 Å². The van der Waals surface area contributed by atoms with Gasteiger partial charge in [-0.05, 0) is 51.4 Å². The number of phosphoric ester groups is 1.